The molecular formula is C29H28N2O7. The van der Waals surface area contributed by atoms with E-state index in [0.29, 0.717) is 30.4 Å². The van der Waals surface area contributed by atoms with Crippen LogP contribution in [0, 0.1) is 0 Å². The Bertz CT molecular complexity index is 1340. The molecule has 1 heterocycles. The zero-order valence-electron chi connectivity index (χ0n) is 21.1. The van der Waals surface area contributed by atoms with Gasteiger partial charge in [0.15, 0.2) is 0 Å². The maximum absolute atomic E-state index is 12.8. The number of ether oxygens (including phenoxy) is 3. The molecule has 0 aliphatic carbocycles. The van der Waals surface area contributed by atoms with Gasteiger partial charge in [-0.3, -0.25) is 9.69 Å². The Labute approximate surface area is 220 Å². The van der Waals surface area contributed by atoms with Gasteiger partial charge in [0.05, 0.1) is 25.5 Å². The monoisotopic (exact) mass is 516 g/mol. The Morgan fingerprint density at radius 1 is 0.947 bits per heavy atom. The van der Waals surface area contributed by atoms with E-state index >= 15 is 0 Å². The van der Waals surface area contributed by atoms with Gasteiger partial charge in [0.25, 0.3) is 0 Å². The SMILES string of the molecule is COc1ccc(OC(=O)N(CC(=O)O)[C@@H](C)c2ccc(OCCc3coc(-c4ccccc4)n3)cc2)cc1. The van der Waals surface area contributed by atoms with E-state index in [0.717, 1.165) is 21.7 Å². The van der Waals surface area contributed by atoms with Gasteiger partial charge in [-0.25, -0.2) is 9.78 Å². The summed E-state index contributed by atoms with van der Waals surface area (Å²) < 4.78 is 21.9. The lowest BCUT2D eigenvalue weighted by atomic mass is 10.1. The molecule has 3 aromatic carbocycles. The number of rotatable bonds is 11. The molecule has 4 rings (SSSR count). The number of oxazole rings is 1. The fraction of sp³-hybridized carbons (Fsp3) is 0.207. The minimum Gasteiger partial charge on any atom is -0.497 e. The number of carboxylic acids is 1. The van der Waals surface area contributed by atoms with Gasteiger partial charge >= 0.3 is 12.1 Å². The van der Waals surface area contributed by atoms with E-state index in [9.17, 15) is 14.7 Å². The van der Waals surface area contributed by atoms with Gasteiger partial charge < -0.3 is 23.7 Å². The summed E-state index contributed by atoms with van der Waals surface area (Å²) in [7, 11) is 1.53. The number of amides is 1. The molecule has 0 saturated carbocycles. The quantitative estimate of drug-likeness (QED) is 0.274. The zero-order chi connectivity index (χ0) is 26.9. The summed E-state index contributed by atoms with van der Waals surface area (Å²) >= 11 is 0. The highest BCUT2D eigenvalue weighted by Gasteiger charge is 2.26. The highest BCUT2D eigenvalue weighted by molar-refractivity contribution is 5.78. The molecule has 1 N–H and O–H groups in total. The number of nitrogens with zero attached hydrogens (tertiary/aromatic N) is 2. The van der Waals surface area contributed by atoms with E-state index in [-0.39, 0.29) is 5.75 Å². The van der Waals surface area contributed by atoms with E-state index in [4.69, 9.17) is 18.6 Å². The summed E-state index contributed by atoms with van der Waals surface area (Å²) in [5.74, 6) is 0.950. The number of carbonyl (C=O) groups excluding carboxylic acids is 1. The van der Waals surface area contributed by atoms with Crippen molar-refractivity contribution in [2.45, 2.75) is 19.4 Å². The molecule has 0 saturated heterocycles. The molecule has 0 radical (unpaired) electrons. The number of methoxy groups -OCH3 is 1. The molecule has 38 heavy (non-hydrogen) atoms. The maximum Gasteiger partial charge on any atom is 0.416 e. The van der Waals surface area contributed by atoms with Crippen LogP contribution in [0.2, 0.25) is 0 Å². The van der Waals surface area contributed by atoms with Gasteiger partial charge in [-0.1, -0.05) is 30.3 Å². The number of aromatic nitrogens is 1. The second-order valence-electron chi connectivity index (χ2n) is 8.42. The summed E-state index contributed by atoms with van der Waals surface area (Å²) in [5, 5.41) is 9.37. The molecule has 0 aliphatic heterocycles. The Hall–Kier alpha value is -4.79. The largest absolute Gasteiger partial charge is 0.497 e. The molecule has 9 nitrogen and oxygen atoms in total. The van der Waals surface area contributed by atoms with Crippen molar-refractivity contribution in [1.82, 2.24) is 9.88 Å². The van der Waals surface area contributed by atoms with Gasteiger partial charge in [-0.05, 0) is 61.0 Å². The van der Waals surface area contributed by atoms with Crippen LogP contribution in [0.5, 0.6) is 17.2 Å². The zero-order valence-corrected chi connectivity index (χ0v) is 21.1. The van der Waals surface area contributed by atoms with Gasteiger partial charge in [-0.15, -0.1) is 0 Å². The van der Waals surface area contributed by atoms with E-state index in [1.54, 1.807) is 61.7 Å². The molecular weight excluding hydrogens is 488 g/mol. The van der Waals surface area contributed by atoms with Crippen molar-refractivity contribution in [2.75, 3.05) is 20.3 Å². The van der Waals surface area contributed by atoms with E-state index in [1.165, 1.54) is 7.11 Å². The molecule has 4 aromatic rings. The first kappa shape index (κ1) is 26.3. The Morgan fingerprint density at radius 2 is 1.61 bits per heavy atom. The molecule has 1 aromatic heterocycles. The van der Waals surface area contributed by atoms with Crippen molar-refractivity contribution in [1.29, 1.82) is 0 Å². The average Bonchev–Trinajstić information content (AvgIpc) is 3.41. The first-order valence-electron chi connectivity index (χ1n) is 12.0. The first-order valence-corrected chi connectivity index (χ1v) is 12.0. The highest BCUT2D eigenvalue weighted by Crippen LogP contribution is 2.25. The first-order chi connectivity index (χ1) is 18.4. The highest BCUT2D eigenvalue weighted by atomic mass is 16.6. The third-order valence-corrected chi connectivity index (χ3v) is 5.83. The standard InChI is InChI=1S/C29H28N2O7/c1-20(31(18-27(32)33)29(34)38-26-14-12-24(35-2)13-15-26)21-8-10-25(11-9-21)36-17-16-23-19-37-28(30-23)22-6-4-3-5-7-22/h3-15,19-20H,16-18H2,1-2H3,(H,32,33)/t20-/m0/s1. The van der Waals surface area contributed by atoms with Crippen molar-refractivity contribution in [2.24, 2.45) is 0 Å². The third kappa shape index (κ3) is 6.91. The minimum atomic E-state index is -1.15. The molecule has 0 aliphatic rings. The molecule has 9 heteroatoms. The minimum absolute atomic E-state index is 0.283. The lowest BCUT2D eigenvalue weighted by Crippen LogP contribution is -2.39. The van der Waals surface area contributed by atoms with Crippen LogP contribution in [0.15, 0.2) is 89.5 Å². The van der Waals surface area contributed by atoms with Crippen LogP contribution in [-0.2, 0) is 11.2 Å². The van der Waals surface area contributed by atoms with Crippen LogP contribution < -0.4 is 14.2 Å². The summed E-state index contributed by atoms with van der Waals surface area (Å²) in [6.07, 6.45) is 1.42. The summed E-state index contributed by atoms with van der Waals surface area (Å²) in [5.41, 5.74) is 2.43. The molecule has 0 fully saturated rings. The maximum atomic E-state index is 12.8. The lowest BCUT2D eigenvalue weighted by molar-refractivity contribution is -0.138. The normalized spacial score (nSPS) is 11.4. The Balaban J connectivity index is 1.34. The van der Waals surface area contributed by atoms with Crippen LogP contribution in [0.3, 0.4) is 0 Å². The summed E-state index contributed by atoms with van der Waals surface area (Å²) in [4.78, 5) is 29.9. The number of carbonyl (C=O) groups is 2. The summed E-state index contributed by atoms with van der Waals surface area (Å²) in [6.45, 7) is 1.62. The second kappa shape index (κ2) is 12.4. The third-order valence-electron chi connectivity index (χ3n) is 5.83. The average molecular weight is 517 g/mol. The lowest BCUT2D eigenvalue weighted by Gasteiger charge is -2.27. The fourth-order valence-electron chi connectivity index (χ4n) is 3.74. The number of aliphatic carboxylic acids is 1. The van der Waals surface area contributed by atoms with Crippen LogP contribution in [-0.4, -0.2) is 47.3 Å². The Morgan fingerprint density at radius 3 is 2.26 bits per heavy atom. The van der Waals surface area contributed by atoms with Crippen molar-refractivity contribution in [3.05, 3.63) is 96.4 Å². The van der Waals surface area contributed by atoms with E-state index in [1.807, 2.05) is 30.3 Å². The second-order valence-corrected chi connectivity index (χ2v) is 8.42. The predicted molar refractivity (Wildman–Crippen MR) is 139 cm³/mol. The fourth-order valence-corrected chi connectivity index (χ4v) is 3.74. The topological polar surface area (TPSA) is 111 Å². The van der Waals surface area contributed by atoms with Crippen molar-refractivity contribution < 1.29 is 33.3 Å². The molecule has 196 valence electrons. The number of hydrogen-bond acceptors (Lipinski definition) is 7. The van der Waals surface area contributed by atoms with Crippen molar-refractivity contribution in [3.63, 3.8) is 0 Å². The van der Waals surface area contributed by atoms with Gasteiger partial charge in [0.2, 0.25) is 5.89 Å². The van der Waals surface area contributed by atoms with Crippen LogP contribution in [0.4, 0.5) is 4.79 Å². The van der Waals surface area contributed by atoms with Gasteiger partial charge in [0.1, 0.15) is 30.1 Å². The number of hydrogen-bond donors (Lipinski definition) is 1. The predicted octanol–water partition coefficient (Wildman–Crippen LogP) is 5.62. The van der Waals surface area contributed by atoms with Gasteiger partial charge in [-0.2, -0.15) is 0 Å². The Kier molecular flexibility index (Phi) is 8.61. The van der Waals surface area contributed by atoms with Gasteiger partial charge in [0, 0.05) is 12.0 Å². The van der Waals surface area contributed by atoms with Crippen LogP contribution >= 0.6 is 0 Å². The summed E-state index contributed by atoms with van der Waals surface area (Å²) in [6, 6.07) is 22.7. The van der Waals surface area contributed by atoms with Crippen LogP contribution in [0.25, 0.3) is 11.5 Å². The number of carboxylic acid groups (broad SMARTS) is 1. The molecule has 1 amide bonds. The smallest absolute Gasteiger partial charge is 0.416 e. The van der Waals surface area contributed by atoms with E-state index < -0.39 is 24.6 Å². The molecule has 0 bridgehead atoms. The molecule has 0 spiro atoms. The molecule has 1 atom stereocenters. The van der Waals surface area contributed by atoms with Crippen molar-refractivity contribution in [3.8, 4) is 28.7 Å². The van der Waals surface area contributed by atoms with Crippen molar-refractivity contribution >= 4 is 12.1 Å². The number of benzene rings is 3. The van der Waals surface area contributed by atoms with E-state index in [2.05, 4.69) is 4.98 Å². The van der Waals surface area contributed by atoms with Crippen LogP contribution in [0.1, 0.15) is 24.2 Å². The molecule has 0 unspecified atom stereocenters.